The van der Waals surface area contributed by atoms with Crippen LogP contribution in [0.3, 0.4) is 0 Å². The highest BCUT2D eigenvalue weighted by atomic mass is 32.2. The summed E-state index contributed by atoms with van der Waals surface area (Å²) in [4.78, 5) is 0.190. The van der Waals surface area contributed by atoms with Crippen molar-refractivity contribution < 1.29 is 8.42 Å². The number of aryl methyl sites for hydroxylation is 1. The van der Waals surface area contributed by atoms with Crippen molar-refractivity contribution in [2.24, 2.45) is 5.14 Å². The van der Waals surface area contributed by atoms with Gasteiger partial charge in [-0.15, -0.1) is 5.92 Å². The third kappa shape index (κ3) is 2.81. The second kappa shape index (κ2) is 4.97. The highest BCUT2D eigenvalue weighted by Gasteiger charge is 2.14. The summed E-state index contributed by atoms with van der Waals surface area (Å²) in [5.74, 6) is 6.38. The van der Waals surface area contributed by atoms with E-state index >= 15 is 0 Å². The number of rotatable bonds is 2. The fourth-order valence-corrected chi connectivity index (χ4v) is 2.83. The smallest absolute Gasteiger partial charge is 0.225 e. The number of allylic oxidation sites excluding steroid dienone is 2. The van der Waals surface area contributed by atoms with Gasteiger partial charge < -0.3 is 0 Å². The Morgan fingerprint density at radius 2 is 2.11 bits per heavy atom. The number of benzene rings is 1. The Balaban J connectivity index is 2.38. The molecule has 1 aromatic carbocycles. The van der Waals surface area contributed by atoms with E-state index in [1.165, 1.54) is 0 Å². The molecule has 2 N–H and O–H groups in total. The minimum absolute atomic E-state index is 0.190. The lowest BCUT2D eigenvalue weighted by Crippen LogP contribution is -2.14. The summed E-state index contributed by atoms with van der Waals surface area (Å²) in [6.07, 6.45) is 5.71. The van der Waals surface area contributed by atoms with Gasteiger partial charge in [-0.3, -0.25) is 0 Å². The van der Waals surface area contributed by atoms with E-state index in [0.29, 0.717) is 5.56 Å². The van der Waals surface area contributed by atoms with Gasteiger partial charge in [0.1, 0.15) is 0 Å². The monoisotopic (exact) mass is 261 g/mol. The molecule has 3 nitrogen and oxygen atoms in total. The Morgan fingerprint density at radius 3 is 2.78 bits per heavy atom. The Morgan fingerprint density at radius 1 is 1.33 bits per heavy atom. The van der Waals surface area contributed by atoms with Crippen LogP contribution in [-0.4, -0.2) is 8.42 Å². The van der Waals surface area contributed by atoms with Gasteiger partial charge in [-0.2, -0.15) is 0 Å². The Kier molecular flexibility index (Phi) is 3.55. The molecular weight excluding hydrogens is 246 g/mol. The van der Waals surface area contributed by atoms with E-state index in [4.69, 9.17) is 5.14 Å². The van der Waals surface area contributed by atoms with Crippen LogP contribution in [0.4, 0.5) is 0 Å². The maximum Gasteiger partial charge on any atom is 0.238 e. The van der Waals surface area contributed by atoms with Gasteiger partial charge in [0.25, 0.3) is 0 Å². The molecule has 0 unspecified atom stereocenters. The first kappa shape index (κ1) is 12.9. The molecule has 0 fully saturated rings. The summed E-state index contributed by atoms with van der Waals surface area (Å²) in [5, 5.41) is 5.15. The maximum absolute atomic E-state index is 11.3. The molecule has 0 heterocycles. The van der Waals surface area contributed by atoms with Crippen LogP contribution in [0.5, 0.6) is 0 Å². The van der Waals surface area contributed by atoms with E-state index in [1.807, 2.05) is 18.2 Å². The quantitative estimate of drug-likeness (QED) is 0.654. The molecule has 0 spiro atoms. The predicted octanol–water partition coefficient (Wildman–Crippen LogP) is 2.08. The summed E-state index contributed by atoms with van der Waals surface area (Å²) >= 11 is 0. The third-order valence-electron chi connectivity index (χ3n) is 2.97. The van der Waals surface area contributed by atoms with Crippen LogP contribution in [0, 0.1) is 18.8 Å². The zero-order chi connectivity index (χ0) is 13.2. The SMILES string of the molecule is Cc1cc([C@H]2C=CCC#CC2)ccc1S(N)(=O)=O. The fraction of sp³-hybridized carbons (Fsp3) is 0.286. The lowest BCUT2D eigenvalue weighted by molar-refractivity contribution is 0.597. The second-order valence-electron chi connectivity index (χ2n) is 4.37. The van der Waals surface area contributed by atoms with Gasteiger partial charge in [0.2, 0.25) is 10.0 Å². The average molecular weight is 261 g/mol. The molecule has 0 amide bonds. The van der Waals surface area contributed by atoms with Crippen LogP contribution in [0.1, 0.15) is 29.9 Å². The zero-order valence-electron chi connectivity index (χ0n) is 10.2. The Hall–Kier alpha value is -1.57. The molecule has 1 aliphatic rings. The van der Waals surface area contributed by atoms with Crippen LogP contribution in [0.2, 0.25) is 0 Å². The van der Waals surface area contributed by atoms with Gasteiger partial charge in [0.05, 0.1) is 4.90 Å². The molecule has 0 saturated carbocycles. The van der Waals surface area contributed by atoms with Gasteiger partial charge >= 0.3 is 0 Å². The maximum atomic E-state index is 11.3. The molecule has 4 heteroatoms. The molecule has 2 rings (SSSR count). The first-order valence-corrected chi connectivity index (χ1v) is 7.29. The van der Waals surface area contributed by atoms with Crippen LogP contribution < -0.4 is 5.14 Å². The lowest BCUT2D eigenvalue weighted by atomic mass is 9.95. The number of hydrogen-bond donors (Lipinski definition) is 1. The molecule has 0 radical (unpaired) electrons. The molecule has 18 heavy (non-hydrogen) atoms. The molecule has 0 aliphatic heterocycles. The summed E-state index contributed by atoms with van der Waals surface area (Å²) in [7, 11) is -3.63. The summed E-state index contributed by atoms with van der Waals surface area (Å²) in [6.45, 7) is 1.76. The van der Waals surface area contributed by atoms with E-state index in [0.717, 1.165) is 18.4 Å². The van der Waals surface area contributed by atoms with Gasteiger partial charge in [-0.25, -0.2) is 13.6 Å². The van der Waals surface area contributed by atoms with Crippen LogP contribution in [-0.2, 0) is 10.0 Å². The van der Waals surface area contributed by atoms with Gasteiger partial charge in [0, 0.05) is 18.8 Å². The minimum atomic E-state index is -3.63. The summed E-state index contributed by atoms with van der Waals surface area (Å²) in [5.41, 5.74) is 1.76. The minimum Gasteiger partial charge on any atom is -0.225 e. The predicted molar refractivity (Wildman–Crippen MR) is 71.4 cm³/mol. The molecule has 1 atom stereocenters. The Bertz CT molecular complexity index is 648. The molecule has 1 aromatic rings. The molecular formula is C14H15NO2S. The number of primary sulfonamides is 1. The van der Waals surface area contributed by atoms with Crippen LogP contribution in [0.15, 0.2) is 35.2 Å². The van der Waals surface area contributed by atoms with Crippen molar-refractivity contribution in [1.29, 1.82) is 0 Å². The van der Waals surface area contributed by atoms with E-state index < -0.39 is 10.0 Å². The molecule has 0 aromatic heterocycles. The first-order chi connectivity index (χ1) is 8.48. The molecule has 0 saturated heterocycles. The summed E-state index contributed by atoms with van der Waals surface area (Å²) in [6, 6.07) is 5.27. The highest BCUT2D eigenvalue weighted by molar-refractivity contribution is 7.89. The first-order valence-electron chi connectivity index (χ1n) is 5.74. The van der Waals surface area contributed by atoms with Gasteiger partial charge in [-0.1, -0.05) is 30.2 Å². The van der Waals surface area contributed by atoms with Gasteiger partial charge in [0.15, 0.2) is 0 Å². The molecule has 1 aliphatic carbocycles. The molecule has 94 valence electrons. The van der Waals surface area contributed by atoms with Crippen molar-refractivity contribution in [1.82, 2.24) is 0 Å². The standard InChI is InChI=1S/C14H15NO2S/c1-11-10-13(8-9-14(11)18(15,16)17)12-6-4-2-3-5-7-12/h4,6,8-10,12H,2,7H2,1H3,(H2,15,16,17)/t12-/m0/s1. The van der Waals surface area contributed by atoms with Crippen molar-refractivity contribution in [3.8, 4) is 11.8 Å². The third-order valence-corrected chi connectivity index (χ3v) is 4.04. The largest absolute Gasteiger partial charge is 0.238 e. The van der Waals surface area contributed by atoms with E-state index in [2.05, 4.69) is 17.9 Å². The van der Waals surface area contributed by atoms with Crippen molar-refractivity contribution in [2.45, 2.75) is 30.6 Å². The van der Waals surface area contributed by atoms with E-state index in [9.17, 15) is 8.42 Å². The fourth-order valence-electron chi connectivity index (χ4n) is 2.06. The average Bonchev–Trinajstić information content (AvgIpc) is 2.55. The van der Waals surface area contributed by atoms with Crippen LogP contribution in [0.25, 0.3) is 0 Å². The number of hydrogen-bond acceptors (Lipinski definition) is 2. The van der Waals surface area contributed by atoms with Crippen molar-refractivity contribution in [2.75, 3.05) is 0 Å². The molecule has 0 bridgehead atoms. The van der Waals surface area contributed by atoms with Crippen LogP contribution >= 0.6 is 0 Å². The van der Waals surface area contributed by atoms with Gasteiger partial charge in [-0.05, 0) is 24.1 Å². The second-order valence-corrected chi connectivity index (χ2v) is 5.90. The Labute approximate surface area is 108 Å². The van der Waals surface area contributed by atoms with Crippen molar-refractivity contribution in [3.63, 3.8) is 0 Å². The number of sulfonamides is 1. The van der Waals surface area contributed by atoms with Crippen molar-refractivity contribution in [3.05, 3.63) is 41.5 Å². The lowest BCUT2D eigenvalue weighted by Gasteiger charge is -2.12. The topological polar surface area (TPSA) is 60.2 Å². The highest BCUT2D eigenvalue weighted by Crippen LogP contribution is 2.25. The van der Waals surface area contributed by atoms with Crippen molar-refractivity contribution >= 4 is 10.0 Å². The van der Waals surface area contributed by atoms with E-state index in [1.54, 1.807) is 13.0 Å². The van der Waals surface area contributed by atoms with E-state index in [-0.39, 0.29) is 10.8 Å². The normalized spacial score (nSPS) is 18.9. The summed E-state index contributed by atoms with van der Waals surface area (Å²) < 4.78 is 22.7. The zero-order valence-corrected chi connectivity index (χ0v) is 11.0. The number of nitrogens with two attached hydrogens (primary N) is 1.